The van der Waals surface area contributed by atoms with Gasteiger partial charge in [-0.25, -0.2) is 0 Å². The van der Waals surface area contributed by atoms with E-state index in [1.165, 1.54) is 23.5 Å². The van der Waals surface area contributed by atoms with Gasteiger partial charge in [-0.05, 0) is 68.3 Å². The van der Waals surface area contributed by atoms with Crippen LogP contribution in [-0.4, -0.2) is 30.9 Å². The summed E-state index contributed by atoms with van der Waals surface area (Å²) in [5.41, 5.74) is 0.735. The van der Waals surface area contributed by atoms with Gasteiger partial charge in [0.15, 0.2) is 0 Å². The second-order valence-electron chi connectivity index (χ2n) is 6.29. The molecule has 148 valence electrons. The van der Waals surface area contributed by atoms with Crippen LogP contribution in [0.4, 0.5) is 13.2 Å². The van der Waals surface area contributed by atoms with Crippen molar-refractivity contribution in [3.8, 4) is 16.2 Å². The van der Waals surface area contributed by atoms with E-state index in [4.69, 9.17) is 0 Å². The van der Waals surface area contributed by atoms with Gasteiger partial charge in [0.05, 0.1) is 4.88 Å². The zero-order valence-electron chi connectivity index (χ0n) is 14.5. The van der Waals surface area contributed by atoms with Gasteiger partial charge in [-0.15, -0.1) is 36.9 Å². The summed E-state index contributed by atoms with van der Waals surface area (Å²) in [7, 11) is 0. The normalized spacial score (nSPS) is 19.9. The van der Waals surface area contributed by atoms with E-state index in [1.807, 2.05) is 0 Å². The van der Waals surface area contributed by atoms with Crippen LogP contribution in [0, 0.1) is 0 Å². The number of piperidine rings is 1. The highest BCUT2D eigenvalue weighted by Crippen LogP contribution is 2.31. The molecule has 1 amide bonds. The van der Waals surface area contributed by atoms with Gasteiger partial charge < -0.3 is 15.4 Å². The fraction of sp³-hybridized carbons (Fsp3) is 0.389. The lowest BCUT2D eigenvalue weighted by atomic mass is 10.0. The molecule has 2 unspecified atom stereocenters. The molecule has 1 saturated heterocycles. The number of ether oxygens (including phenoxy) is 1. The van der Waals surface area contributed by atoms with E-state index in [2.05, 4.69) is 22.3 Å². The number of rotatable bonds is 4. The average Bonchev–Trinajstić information content (AvgIpc) is 3.04. The Morgan fingerprint density at radius 3 is 2.56 bits per heavy atom. The summed E-state index contributed by atoms with van der Waals surface area (Å²) in [6.07, 6.45) is -2.92. The molecule has 0 radical (unpaired) electrons. The predicted molar refractivity (Wildman–Crippen MR) is 102 cm³/mol. The van der Waals surface area contributed by atoms with Crippen molar-refractivity contribution in [2.75, 3.05) is 6.54 Å². The van der Waals surface area contributed by atoms with Crippen molar-refractivity contribution in [1.29, 1.82) is 0 Å². The number of thiophene rings is 1. The molecule has 1 fully saturated rings. The maximum absolute atomic E-state index is 12.4. The van der Waals surface area contributed by atoms with E-state index in [1.54, 1.807) is 24.3 Å². The lowest BCUT2D eigenvalue weighted by Crippen LogP contribution is -2.46. The molecule has 2 heterocycles. The summed E-state index contributed by atoms with van der Waals surface area (Å²) in [5, 5.41) is 6.39. The maximum atomic E-state index is 12.4. The number of benzene rings is 1. The molecular formula is C18H20ClF3N2O2S. The first kappa shape index (κ1) is 21.5. The van der Waals surface area contributed by atoms with Gasteiger partial charge in [0, 0.05) is 17.0 Å². The first-order chi connectivity index (χ1) is 12.3. The minimum absolute atomic E-state index is 0. The number of hydrogen-bond donors (Lipinski definition) is 2. The molecule has 2 aromatic rings. The first-order valence-corrected chi connectivity index (χ1v) is 9.12. The summed E-state index contributed by atoms with van der Waals surface area (Å²) >= 11 is 1.31. The Bertz CT molecular complexity index is 765. The minimum atomic E-state index is -4.71. The van der Waals surface area contributed by atoms with Gasteiger partial charge in [-0.2, -0.15) is 0 Å². The smallest absolute Gasteiger partial charge is 0.406 e. The fourth-order valence-corrected chi connectivity index (χ4v) is 3.87. The highest BCUT2D eigenvalue weighted by molar-refractivity contribution is 7.17. The van der Waals surface area contributed by atoms with Crippen molar-refractivity contribution in [3.05, 3.63) is 41.3 Å². The molecule has 1 aliphatic rings. The van der Waals surface area contributed by atoms with Gasteiger partial charge in [0.1, 0.15) is 5.75 Å². The first-order valence-electron chi connectivity index (χ1n) is 8.30. The van der Waals surface area contributed by atoms with Gasteiger partial charge in [-0.3, -0.25) is 4.79 Å². The Balaban J connectivity index is 0.00000261. The van der Waals surface area contributed by atoms with E-state index in [9.17, 15) is 18.0 Å². The van der Waals surface area contributed by atoms with E-state index in [0.29, 0.717) is 10.9 Å². The predicted octanol–water partition coefficient (Wildman–Crippen LogP) is 4.61. The summed E-state index contributed by atoms with van der Waals surface area (Å²) in [5.74, 6) is -0.381. The molecule has 0 bridgehead atoms. The monoisotopic (exact) mass is 420 g/mol. The highest BCUT2D eigenvalue weighted by Gasteiger charge is 2.31. The second-order valence-corrected chi connectivity index (χ2v) is 7.37. The zero-order valence-corrected chi connectivity index (χ0v) is 16.1. The standard InChI is InChI=1S/C18H19F3N2O2S.ClH/c1-11-10-13(8-9-22-11)23-17(24)16-7-6-15(26-16)12-2-4-14(5-3-12)25-18(19,20)21;/h2-7,11,13,22H,8-10H2,1H3,(H,23,24);1H. The van der Waals surface area contributed by atoms with Crippen molar-refractivity contribution in [2.45, 2.75) is 38.2 Å². The van der Waals surface area contributed by atoms with Crippen molar-refractivity contribution >= 4 is 29.7 Å². The third kappa shape index (κ3) is 6.12. The van der Waals surface area contributed by atoms with E-state index >= 15 is 0 Å². The second kappa shape index (κ2) is 8.95. The molecule has 1 aromatic carbocycles. The number of carbonyl (C=O) groups excluding carboxylic acids is 1. The lowest BCUT2D eigenvalue weighted by Gasteiger charge is -2.28. The van der Waals surface area contributed by atoms with E-state index < -0.39 is 6.36 Å². The van der Waals surface area contributed by atoms with Gasteiger partial charge in [0.25, 0.3) is 5.91 Å². The molecular weight excluding hydrogens is 401 g/mol. The number of halogens is 4. The molecule has 0 aliphatic carbocycles. The highest BCUT2D eigenvalue weighted by atomic mass is 35.5. The summed E-state index contributed by atoms with van der Waals surface area (Å²) in [4.78, 5) is 13.8. The molecule has 9 heteroatoms. The topological polar surface area (TPSA) is 50.4 Å². The largest absolute Gasteiger partial charge is 0.573 e. The maximum Gasteiger partial charge on any atom is 0.573 e. The van der Waals surface area contributed by atoms with Crippen LogP contribution in [-0.2, 0) is 0 Å². The van der Waals surface area contributed by atoms with E-state index in [-0.39, 0.29) is 30.1 Å². The molecule has 3 rings (SSSR count). The number of hydrogen-bond acceptors (Lipinski definition) is 4. The third-order valence-electron chi connectivity index (χ3n) is 4.16. The quantitative estimate of drug-likeness (QED) is 0.759. The summed E-state index contributed by atoms with van der Waals surface area (Å²) in [6, 6.07) is 9.68. The van der Waals surface area contributed by atoms with Crippen LogP contribution >= 0.6 is 23.7 Å². The number of nitrogens with one attached hydrogen (secondary N) is 2. The fourth-order valence-electron chi connectivity index (χ4n) is 2.96. The Morgan fingerprint density at radius 1 is 1.22 bits per heavy atom. The van der Waals surface area contributed by atoms with Crippen LogP contribution in [0.15, 0.2) is 36.4 Å². The Labute approximate surface area is 165 Å². The molecule has 0 spiro atoms. The Morgan fingerprint density at radius 2 is 1.93 bits per heavy atom. The number of alkyl halides is 3. The van der Waals surface area contributed by atoms with E-state index in [0.717, 1.165) is 29.8 Å². The zero-order chi connectivity index (χ0) is 18.7. The Kier molecular flexibility index (Phi) is 7.13. The number of carbonyl (C=O) groups is 1. The van der Waals surface area contributed by atoms with Crippen LogP contribution in [0.5, 0.6) is 5.75 Å². The minimum Gasteiger partial charge on any atom is -0.406 e. The molecule has 1 aromatic heterocycles. The van der Waals surface area contributed by atoms with Crippen LogP contribution in [0.3, 0.4) is 0 Å². The lowest BCUT2D eigenvalue weighted by molar-refractivity contribution is -0.274. The summed E-state index contributed by atoms with van der Waals surface area (Å²) in [6.45, 7) is 2.97. The van der Waals surface area contributed by atoms with Crippen LogP contribution in [0.2, 0.25) is 0 Å². The Hall–Kier alpha value is -1.77. The molecule has 27 heavy (non-hydrogen) atoms. The number of amides is 1. The average molecular weight is 421 g/mol. The molecule has 2 N–H and O–H groups in total. The van der Waals surface area contributed by atoms with Gasteiger partial charge >= 0.3 is 6.36 Å². The van der Waals surface area contributed by atoms with Gasteiger partial charge in [0.2, 0.25) is 0 Å². The summed E-state index contributed by atoms with van der Waals surface area (Å²) < 4.78 is 40.5. The molecule has 4 nitrogen and oxygen atoms in total. The van der Waals surface area contributed by atoms with Crippen molar-refractivity contribution in [3.63, 3.8) is 0 Å². The third-order valence-corrected chi connectivity index (χ3v) is 5.29. The SMILES string of the molecule is CC1CC(NC(=O)c2ccc(-c3ccc(OC(F)(F)F)cc3)s2)CCN1.Cl. The van der Waals surface area contributed by atoms with Crippen LogP contribution < -0.4 is 15.4 Å². The molecule has 1 aliphatic heterocycles. The van der Waals surface area contributed by atoms with Crippen molar-refractivity contribution in [1.82, 2.24) is 10.6 Å². The van der Waals surface area contributed by atoms with Crippen molar-refractivity contribution < 1.29 is 22.7 Å². The van der Waals surface area contributed by atoms with Gasteiger partial charge in [-0.1, -0.05) is 0 Å². The van der Waals surface area contributed by atoms with Crippen LogP contribution in [0.25, 0.3) is 10.4 Å². The molecule has 0 saturated carbocycles. The molecule has 2 atom stereocenters. The van der Waals surface area contributed by atoms with Crippen LogP contribution in [0.1, 0.15) is 29.4 Å². The van der Waals surface area contributed by atoms with Crippen molar-refractivity contribution in [2.24, 2.45) is 0 Å².